The molecular formula is C17H19NO3S2. The minimum Gasteiger partial charge on any atom is -0.496 e. The number of rotatable bonds is 8. The number of ketones is 1. The first-order valence-electron chi connectivity index (χ1n) is 7.15. The minimum atomic E-state index is 0.00471. The number of methoxy groups -OCH3 is 1. The van der Waals surface area contributed by atoms with Crippen LogP contribution in [0.1, 0.15) is 27.7 Å². The average molecular weight is 349 g/mol. The Morgan fingerprint density at radius 2 is 2.13 bits per heavy atom. The Kier molecular flexibility index (Phi) is 6.67. The summed E-state index contributed by atoms with van der Waals surface area (Å²) in [5.74, 6) is 1.76. The van der Waals surface area contributed by atoms with Crippen LogP contribution in [0.2, 0.25) is 0 Å². The molecule has 0 spiro atoms. The topological polar surface area (TPSA) is 55.4 Å². The third-order valence-corrected chi connectivity index (χ3v) is 5.08. The summed E-state index contributed by atoms with van der Waals surface area (Å²) < 4.78 is 5.31. The number of Topliss-reactive ketones (excluding diaryl/α,β-unsaturated/α-hetero) is 1. The Hall–Kier alpha value is -1.79. The molecule has 2 aromatic rings. The molecule has 23 heavy (non-hydrogen) atoms. The molecular weight excluding hydrogens is 330 g/mol. The highest BCUT2D eigenvalue weighted by Gasteiger charge is 2.09. The number of benzene rings is 1. The van der Waals surface area contributed by atoms with Gasteiger partial charge in [-0.3, -0.25) is 9.59 Å². The van der Waals surface area contributed by atoms with E-state index in [1.54, 1.807) is 30.6 Å². The molecule has 0 fully saturated rings. The largest absolute Gasteiger partial charge is 0.496 e. The molecule has 1 aromatic carbocycles. The SMILES string of the molecule is COc1ccc(C(C)=O)cc1CSCC(=O)NCc1cccs1. The molecule has 1 aromatic heterocycles. The van der Waals surface area contributed by atoms with Crippen LogP contribution in [0.25, 0.3) is 0 Å². The van der Waals surface area contributed by atoms with Gasteiger partial charge in [0.05, 0.1) is 19.4 Å². The van der Waals surface area contributed by atoms with E-state index in [1.807, 2.05) is 23.6 Å². The zero-order valence-electron chi connectivity index (χ0n) is 13.1. The predicted octanol–water partition coefficient (Wildman–Crippen LogP) is 3.51. The third kappa shape index (κ3) is 5.41. The van der Waals surface area contributed by atoms with Gasteiger partial charge < -0.3 is 10.1 Å². The smallest absolute Gasteiger partial charge is 0.230 e. The molecule has 0 aliphatic heterocycles. The normalized spacial score (nSPS) is 10.3. The number of hydrogen-bond acceptors (Lipinski definition) is 5. The van der Waals surface area contributed by atoms with Gasteiger partial charge in [0.25, 0.3) is 0 Å². The van der Waals surface area contributed by atoms with Crippen LogP contribution in [-0.4, -0.2) is 24.6 Å². The summed E-state index contributed by atoms with van der Waals surface area (Å²) in [7, 11) is 1.60. The molecule has 0 atom stereocenters. The van der Waals surface area contributed by atoms with Crippen molar-refractivity contribution in [1.82, 2.24) is 5.32 Å². The van der Waals surface area contributed by atoms with Crippen molar-refractivity contribution < 1.29 is 14.3 Å². The summed E-state index contributed by atoms with van der Waals surface area (Å²) in [4.78, 5) is 24.4. The lowest BCUT2D eigenvalue weighted by molar-refractivity contribution is -0.118. The van der Waals surface area contributed by atoms with Crippen LogP contribution in [0.3, 0.4) is 0 Å². The molecule has 6 heteroatoms. The molecule has 1 heterocycles. The van der Waals surface area contributed by atoms with Crippen molar-refractivity contribution in [2.45, 2.75) is 19.2 Å². The van der Waals surface area contributed by atoms with Gasteiger partial charge in [-0.1, -0.05) is 6.07 Å². The standard InChI is InChI=1S/C17H19NO3S2/c1-12(19)13-5-6-16(21-2)14(8-13)10-22-11-17(20)18-9-15-4-3-7-23-15/h3-8H,9-11H2,1-2H3,(H,18,20). The Balaban J connectivity index is 1.84. The Bertz CT molecular complexity index is 668. The molecule has 4 nitrogen and oxygen atoms in total. The van der Waals surface area contributed by atoms with Crippen molar-refractivity contribution in [3.8, 4) is 5.75 Å². The molecule has 0 saturated heterocycles. The van der Waals surface area contributed by atoms with Gasteiger partial charge in [0, 0.05) is 21.8 Å². The second-order valence-electron chi connectivity index (χ2n) is 4.93. The summed E-state index contributed by atoms with van der Waals surface area (Å²) in [6.45, 7) is 2.11. The van der Waals surface area contributed by atoms with Crippen LogP contribution in [0, 0.1) is 0 Å². The van der Waals surface area contributed by atoms with Crippen LogP contribution in [0.15, 0.2) is 35.7 Å². The van der Waals surface area contributed by atoms with Crippen molar-refractivity contribution in [1.29, 1.82) is 0 Å². The number of carbonyl (C=O) groups is 2. The number of thiophene rings is 1. The number of hydrogen-bond donors (Lipinski definition) is 1. The van der Waals surface area contributed by atoms with Crippen LogP contribution < -0.4 is 10.1 Å². The van der Waals surface area contributed by atoms with E-state index in [-0.39, 0.29) is 11.7 Å². The number of thioether (sulfide) groups is 1. The Morgan fingerprint density at radius 3 is 2.78 bits per heavy atom. The van der Waals surface area contributed by atoms with Gasteiger partial charge in [-0.05, 0) is 36.6 Å². The summed E-state index contributed by atoms with van der Waals surface area (Å²) >= 11 is 3.13. The quantitative estimate of drug-likeness (QED) is 0.741. The molecule has 0 unspecified atom stereocenters. The molecule has 0 saturated carbocycles. The first-order valence-corrected chi connectivity index (χ1v) is 9.18. The molecule has 0 aliphatic carbocycles. The number of amides is 1. The predicted molar refractivity (Wildman–Crippen MR) is 95.3 cm³/mol. The van der Waals surface area contributed by atoms with Crippen LogP contribution >= 0.6 is 23.1 Å². The number of carbonyl (C=O) groups excluding carboxylic acids is 2. The monoisotopic (exact) mass is 349 g/mol. The van der Waals surface area contributed by atoms with Crippen molar-refractivity contribution in [2.75, 3.05) is 12.9 Å². The van der Waals surface area contributed by atoms with E-state index in [0.29, 0.717) is 23.6 Å². The van der Waals surface area contributed by atoms with E-state index in [9.17, 15) is 9.59 Å². The summed E-state index contributed by atoms with van der Waals surface area (Å²) in [6, 6.07) is 9.34. The van der Waals surface area contributed by atoms with Gasteiger partial charge in [-0.25, -0.2) is 0 Å². The second kappa shape index (κ2) is 8.74. The lowest BCUT2D eigenvalue weighted by atomic mass is 10.1. The van der Waals surface area contributed by atoms with Crippen molar-refractivity contribution in [3.05, 3.63) is 51.7 Å². The fourth-order valence-electron chi connectivity index (χ4n) is 2.01. The maximum absolute atomic E-state index is 11.8. The van der Waals surface area contributed by atoms with Crippen LogP contribution in [-0.2, 0) is 17.1 Å². The van der Waals surface area contributed by atoms with E-state index in [4.69, 9.17) is 4.74 Å². The van der Waals surface area contributed by atoms with E-state index in [2.05, 4.69) is 5.32 Å². The van der Waals surface area contributed by atoms with E-state index in [1.165, 1.54) is 18.7 Å². The zero-order valence-corrected chi connectivity index (χ0v) is 14.8. The zero-order chi connectivity index (χ0) is 16.7. The highest BCUT2D eigenvalue weighted by atomic mass is 32.2. The van der Waals surface area contributed by atoms with Gasteiger partial charge in [-0.2, -0.15) is 0 Å². The van der Waals surface area contributed by atoms with Crippen molar-refractivity contribution in [3.63, 3.8) is 0 Å². The van der Waals surface area contributed by atoms with Gasteiger partial charge >= 0.3 is 0 Å². The molecule has 122 valence electrons. The highest BCUT2D eigenvalue weighted by Crippen LogP contribution is 2.24. The maximum Gasteiger partial charge on any atom is 0.230 e. The molecule has 0 aliphatic rings. The first-order chi connectivity index (χ1) is 11.1. The lowest BCUT2D eigenvalue weighted by Gasteiger charge is -2.10. The Morgan fingerprint density at radius 1 is 1.30 bits per heavy atom. The van der Waals surface area contributed by atoms with E-state index < -0.39 is 0 Å². The fraction of sp³-hybridized carbons (Fsp3) is 0.294. The van der Waals surface area contributed by atoms with Gasteiger partial charge in [0.2, 0.25) is 5.91 Å². The average Bonchev–Trinajstić information content (AvgIpc) is 3.06. The molecule has 1 amide bonds. The summed E-state index contributed by atoms with van der Waals surface area (Å²) in [5, 5.41) is 4.89. The van der Waals surface area contributed by atoms with Gasteiger partial charge in [0.15, 0.2) is 5.78 Å². The molecule has 1 N–H and O–H groups in total. The highest BCUT2D eigenvalue weighted by molar-refractivity contribution is 7.99. The summed E-state index contributed by atoms with van der Waals surface area (Å²) in [5.41, 5.74) is 1.58. The lowest BCUT2D eigenvalue weighted by Crippen LogP contribution is -2.24. The van der Waals surface area contributed by atoms with Crippen molar-refractivity contribution >= 4 is 34.8 Å². The van der Waals surface area contributed by atoms with Crippen LogP contribution in [0.5, 0.6) is 5.75 Å². The van der Waals surface area contributed by atoms with Gasteiger partial charge in [-0.15, -0.1) is 23.1 Å². The minimum absolute atomic E-state index is 0.00471. The van der Waals surface area contributed by atoms with Crippen LogP contribution in [0.4, 0.5) is 0 Å². The van der Waals surface area contributed by atoms with Gasteiger partial charge in [0.1, 0.15) is 5.75 Å². The number of nitrogens with one attached hydrogen (secondary N) is 1. The fourth-order valence-corrected chi connectivity index (χ4v) is 3.49. The third-order valence-electron chi connectivity index (χ3n) is 3.22. The van der Waals surface area contributed by atoms with E-state index in [0.717, 1.165) is 16.2 Å². The number of ether oxygens (including phenoxy) is 1. The summed E-state index contributed by atoms with van der Waals surface area (Å²) in [6.07, 6.45) is 0. The van der Waals surface area contributed by atoms with Crippen molar-refractivity contribution in [2.24, 2.45) is 0 Å². The molecule has 2 rings (SSSR count). The molecule has 0 bridgehead atoms. The molecule has 0 radical (unpaired) electrons. The second-order valence-corrected chi connectivity index (χ2v) is 6.95. The Labute approximate surface area is 144 Å². The maximum atomic E-state index is 11.8. The van der Waals surface area contributed by atoms with E-state index >= 15 is 0 Å². The first kappa shape index (κ1) is 17.6.